The molecule has 2 aromatic rings. The van der Waals surface area contributed by atoms with E-state index in [0.717, 1.165) is 35.7 Å². The van der Waals surface area contributed by atoms with E-state index in [9.17, 15) is 0 Å². The van der Waals surface area contributed by atoms with Crippen LogP contribution in [0.25, 0.3) is 0 Å². The number of piperazine rings is 1. The lowest BCUT2D eigenvalue weighted by Crippen LogP contribution is -2.45. The van der Waals surface area contributed by atoms with Gasteiger partial charge in [-0.3, -0.25) is 4.90 Å². The van der Waals surface area contributed by atoms with E-state index in [-0.39, 0.29) is 24.8 Å². The van der Waals surface area contributed by atoms with Crippen LogP contribution in [0.3, 0.4) is 0 Å². The van der Waals surface area contributed by atoms with Gasteiger partial charge in [0.15, 0.2) is 0 Å². The molecule has 0 amide bonds. The summed E-state index contributed by atoms with van der Waals surface area (Å²) in [5, 5.41) is 6.34. The van der Waals surface area contributed by atoms with Gasteiger partial charge in [0.2, 0.25) is 0 Å². The van der Waals surface area contributed by atoms with E-state index >= 15 is 0 Å². The highest BCUT2D eigenvalue weighted by molar-refractivity contribution is 9.10. The Kier molecular flexibility index (Phi) is 8.72. The van der Waals surface area contributed by atoms with E-state index in [1.807, 2.05) is 23.5 Å². The zero-order valence-corrected chi connectivity index (χ0v) is 16.6. The molecule has 0 aliphatic carbocycles. The zero-order valence-electron chi connectivity index (χ0n) is 11.8. The second-order valence-corrected chi connectivity index (χ2v) is 7.14. The van der Waals surface area contributed by atoms with Gasteiger partial charge >= 0.3 is 0 Å². The summed E-state index contributed by atoms with van der Waals surface area (Å²) < 4.78 is 1.09. The van der Waals surface area contributed by atoms with Crippen LogP contribution in [0.2, 0.25) is 5.02 Å². The number of halogens is 4. The highest BCUT2D eigenvalue weighted by atomic mass is 79.9. The quantitative estimate of drug-likeness (QED) is 0.717. The monoisotopic (exact) mass is 442 g/mol. The van der Waals surface area contributed by atoms with Crippen LogP contribution in [0.1, 0.15) is 16.5 Å². The summed E-state index contributed by atoms with van der Waals surface area (Å²) in [7, 11) is 0. The minimum atomic E-state index is 0. The summed E-state index contributed by atoms with van der Waals surface area (Å²) in [6.45, 7) is 4.23. The smallest absolute Gasteiger partial charge is 0.0707 e. The van der Waals surface area contributed by atoms with Crippen LogP contribution in [-0.2, 0) is 0 Å². The van der Waals surface area contributed by atoms with Crippen LogP contribution < -0.4 is 5.32 Å². The van der Waals surface area contributed by atoms with Gasteiger partial charge in [0.25, 0.3) is 0 Å². The first-order valence-corrected chi connectivity index (χ1v) is 8.74. The molecule has 22 heavy (non-hydrogen) atoms. The molecule has 1 aromatic heterocycles. The lowest BCUT2D eigenvalue weighted by atomic mass is 10.0. The number of rotatable bonds is 3. The summed E-state index contributed by atoms with van der Waals surface area (Å²) >= 11 is 11.6. The molecule has 0 unspecified atom stereocenters. The Morgan fingerprint density at radius 2 is 1.91 bits per heavy atom. The van der Waals surface area contributed by atoms with Crippen molar-refractivity contribution in [2.45, 2.75) is 6.04 Å². The van der Waals surface area contributed by atoms with Crippen molar-refractivity contribution in [2.24, 2.45) is 0 Å². The van der Waals surface area contributed by atoms with E-state index in [0.29, 0.717) is 6.04 Å². The maximum Gasteiger partial charge on any atom is 0.0707 e. The lowest BCUT2D eigenvalue weighted by Gasteiger charge is -2.35. The Morgan fingerprint density at radius 1 is 1.18 bits per heavy atom. The van der Waals surface area contributed by atoms with Gasteiger partial charge in [0.05, 0.1) is 6.04 Å². The topological polar surface area (TPSA) is 15.3 Å². The van der Waals surface area contributed by atoms with Crippen molar-refractivity contribution in [2.75, 3.05) is 26.2 Å². The molecule has 7 heteroatoms. The van der Waals surface area contributed by atoms with Crippen molar-refractivity contribution >= 4 is 63.7 Å². The van der Waals surface area contributed by atoms with Crippen LogP contribution in [0.5, 0.6) is 0 Å². The molecule has 1 aliphatic rings. The average Bonchev–Trinajstić information content (AvgIpc) is 2.97. The summed E-state index contributed by atoms with van der Waals surface area (Å²) in [5.74, 6) is 0. The van der Waals surface area contributed by atoms with Gasteiger partial charge in [0.1, 0.15) is 0 Å². The van der Waals surface area contributed by atoms with Crippen LogP contribution in [-0.4, -0.2) is 31.1 Å². The van der Waals surface area contributed by atoms with E-state index in [2.05, 4.69) is 49.7 Å². The summed E-state index contributed by atoms with van der Waals surface area (Å²) in [5.41, 5.74) is 1.29. The number of nitrogens with one attached hydrogen (secondary N) is 1. The molecule has 0 radical (unpaired) electrons. The van der Waals surface area contributed by atoms with Crippen LogP contribution in [0, 0.1) is 0 Å². The number of hydrogen-bond acceptors (Lipinski definition) is 3. The maximum absolute atomic E-state index is 6.08. The molecule has 3 rings (SSSR count). The van der Waals surface area contributed by atoms with Gasteiger partial charge in [-0.25, -0.2) is 0 Å². The third-order valence-electron chi connectivity index (χ3n) is 3.59. The molecule has 0 bridgehead atoms. The third-order valence-corrected chi connectivity index (χ3v) is 5.43. The number of thiophene rings is 1. The van der Waals surface area contributed by atoms with Crippen molar-refractivity contribution in [3.8, 4) is 0 Å². The van der Waals surface area contributed by atoms with E-state index in [1.54, 1.807) is 0 Å². The number of benzene rings is 1. The Morgan fingerprint density at radius 3 is 2.50 bits per heavy atom. The van der Waals surface area contributed by atoms with E-state index in [1.165, 1.54) is 10.4 Å². The molecule has 2 nitrogen and oxygen atoms in total. The van der Waals surface area contributed by atoms with Gasteiger partial charge < -0.3 is 5.32 Å². The third kappa shape index (κ3) is 4.60. The summed E-state index contributed by atoms with van der Waals surface area (Å²) in [6.07, 6.45) is 0. The fourth-order valence-electron chi connectivity index (χ4n) is 2.64. The average molecular weight is 445 g/mol. The Labute approximate surface area is 161 Å². The SMILES string of the molecule is Cl.Cl.Clc1ccc([C@@H](c2cccs2)N2CCNCC2)c(Br)c1. The van der Waals surface area contributed by atoms with Crippen LogP contribution >= 0.6 is 63.7 Å². The standard InChI is InChI=1S/C15H16BrClN2S.2ClH/c16-13-10-11(17)3-4-12(13)15(14-2-1-9-20-14)19-7-5-18-6-8-19;;/h1-4,9-10,15,18H,5-8H2;2*1H/t15-;;/m0../s1. The zero-order chi connectivity index (χ0) is 13.9. The van der Waals surface area contributed by atoms with Gasteiger partial charge in [-0.05, 0) is 29.1 Å². The molecule has 0 spiro atoms. The number of hydrogen-bond donors (Lipinski definition) is 1. The second-order valence-electron chi connectivity index (χ2n) is 4.87. The number of nitrogens with zero attached hydrogens (tertiary/aromatic N) is 1. The Bertz CT molecular complexity index is 574. The van der Waals surface area contributed by atoms with Crippen molar-refractivity contribution in [1.82, 2.24) is 10.2 Å². The first-order chi connectivity index (χ1) is 9.75. The van der Waals surface area contributed by atoms with E-state index < -0.39 is 0 Å². The predicted octanol–water partition coefficient (Wildman–Crippen LogP) is 5.00. The molecule has 1 fully saturated rings. The lowest BCUT2D eigenvalue weighted by molar-refractivity contribution is 0.200. The van der Waals surface area contributed by atoms with Crippen LogP contribution in [0.4, 0.5) is 0 Å². The largest absolute Gasteiger partial charge is 0.314 e. The Balaban J connectivity index is 0.00000121. The molecule has 1 N–H and O–H groups in total. The molecule has 122 valence electrons. The second kappa shape index (κ2) is 9.48. The highest BCUT2D eigenvalue weighted by Crippen LogP contribution is 2.36. The van der Waals surface area contributed by atoms with Gasteiger partial charge in [-0.15, -0.1) is 36.2 Å². The fraction of sp³-hybridized carbons (Fsp3) is 0.333. The molecule has 2 heterocycles. The fourth-order valence-corrected chi connectivity index (χ4v) is 4.42. The van der Waals surface area contributed by atoms with Crippen molar-refractivity contribution in [3.63, 3.8) is 0 Å². The van der Waals surface area contributed by atoms with Gasteiger partial charge in [0, 0.05) is 40.6 Å². The molecule has 0 saturated carbocycles. The van der Waals surface area contributed by atoms with Gasteiger partial charge in [-0.2, -0.15) is 0 Å². The molecular formula is C15H18BrCl3N2S. The molecular weight excluding hydrogens is 427 g/mol. The normalized spacial score (nSPS) is 16.5. The first kappa shape index (κ1) is 20.2. The van der Waals surface area contributed by atoms with Gasteiger partial charge in [-0.1, -0.05) is 39.7 Å². The Hall–Kier alpha value is 0.190. The minimum absolute atomic E-state index is 0. The summed E-state index contributed by atoms with van der Waals surface area (Å²) in [4.78, 5) is 3.92. The van der Waals surface area contributed by atoms with Crippen molar-refractivity contribution in [1.29, 1.82) is 0 Å². The minimum Gasteiger partial charge on any atom is -0.314 e. The van der Waals surface area contributed by atoms with Crippen LogP contribution in [0.15, 0.2) is 40.2 Å². The van der Waals surface area contributed by atoms with E-state index in [4.69, 9.17) is 11.6 Å². The van der Waals surface area contributed by atoms with Crippen molar-refractivity contribution < 1.29 is 0 Å². The molecule has 1 saturated heterocycles. The predicted molar refractivity (Wildman–Crippen MR) is 104 cm³/mol. The molecule has 1 atom stereocenters. The molecule has 1 aromatic carbocycles. The van der Waals surface area contributed by atoms with Crippen molar-refractivity contribution in [3.05, 3.63) is 55.6 Å². The maximum atomic E-state index is 6.08. The first-order valence-electron chi connectivity index (χ1n) is 6.69. The molecule has 1 aliphatic heterocycles. The summed E-state index contributed by atoms with van der Waals surface area (Å²) in [6, 6.07) is 10.8. The highest BCUT2D eigenvalue weighted by Gasteiger charge is 2.26.